The van der Waals surface area contributed by atoms with Crippen LogP contribution in [-0.4, -0.2) is 29.1 Å². The molecular weight excluding hydrogens is 333 g/mol. The number of halogens is 1. The number of rotatable bonds is 5. The molecule has 1 aromatic heterocycles. The van der Waals surface area contributed by atoms with Crippen LogP contribution >= 0.6 is 0 Å². The number of aromatic nitrogens is 1. The lowest BCUT2D eigenvalue weighted by molar-refractivity contribution is -0.125. The molecule has 1 aliphatic rings. The van der Waals surface area contributed by atoms with Crippen LogP contribution in [0.25, 0.3) is 0 Å². The van der Waals surface area contributed by atoms with E-state index in [4.69, 9.17) is 5.11 Å². The lowest BCUT2D eigenvalue weighted by atomic mass is 9.97. The number of nitrogens with zero attached hydrogens (tertiary/aromatic N) is 2. The summed E-state index contributed by atoms with van der Waals surface area (Å²) >= 11 is 0. The van der Waals surface area contributed by atoms with E-state index in [2.05, 4.69) is 15.2 Å². The molecule has 1 unspecified atom stereocenters. The minimum atomic E-state index is -0.450. The van der Waals surface area contributed by atoms with E-state index < -0.39 is 5.82 Å². The summed E-state index contributed by atoms with van der Waals surface area (Å²) in [5.74, 6) is 0.324. The number of piperidine rings is 1. The molecule has 2 aromatic rings. The number of pyridine rings is 1. The number of hydrogen-bond donors (Lipinski definition) is 2. The predicted molar refractivity (Wildman–Crippen MR) is 98.1 cm³/mol. The van der Waals surface area contributed by atoms with Gasteiger partial charge in [0.2, 0.25) is 5.91 Å². The van der Waals surface area contributed by atoms with Crippen molar-refractivity contribution >= 4 is 11.7 Å². The van der Waals surface area contributed by atoms with Gasteiger partial charge in [0.05, 0.1) is 12.5 Å². The number of amides is 1. The zero-order valence-electron chi connectivity index (χ0n) is 14.9. The highest BCUT2D eigenvalue weighted by Gasteiger charge is 2.26. The summed E-state index contributed by atoms with van der Waals surface area (Å²) < 4.78 is 13.7. The van der Waals surface area contributed by atoms with Gasteiger partial charge in [-0.1, -0.05) is 18.2 Å². The SMILES string of the molecule is Cc1ccc(N2CCCC(C(=O)NCc3ccc(CO)c(F)c3)C2)nc1. The minimum Gasteiger partial charge on any atom is -0.392 e. The predicted octanol–water partition coefficient (Wildman–Crippen LogP) is 2.55. The van der Waals surface area contributed by atoms with Gasteiger partial charge in [0, 0.05) is 31.4 Å². The van der Waals surface area contributed by atoms with E-state index in [1.54, 1.807) is 12.1 Å². The fourth-order valence-electron chi connectivity index (χ4n) is 3.21. The molecule has 0 saturated carbocycles. The third-order valence-corrected chi connectivity index (χ3v) is 4.77. The summed E-state index contributed by atoms with van der Waals surface area (Å²) in [6.07, 6.45) is 3.61. The molecule has 1 fully saturated rings. The first-order valence-electron chi connectivity index (χ1n) is 8.90. The highest BCUT2D eigenvalue weighted by molar-refractivity contribution is 5.79. The van der Waals surface area contributed by atoms with Crippen LogP contribution in [0, 0.1) is 18.7 Å². The molecule has 1 saturated heterocycles. The molecule has 2 heterocycles. The molecular formula is C20H24FN3O2. The zero-order valence-corrected chi connectivity index (χ0v) is 14.9. The van der Waals surface area contributed by atoms with Gasteiger partial charge in [0.25, 0.3) is 0 Å². The van der Waals surface area contributed by atoms with Crippen molar-refractivity contribution in [2.24, 2.45) is 5.92 Å². The van der Waals surface area contributed by atoms with Crippen molar-refractivity contribution < 1.29 is 14.3 Å². The van der Waals surface area contributed by atoms with Crippen molar-refractivity contribution in [1.29, 1.82) is 0 Å². The average molecular weight is 357 g/mol. The van der Waals surface area contributed by atoms with Gasteiger partial charge in [-0.05, 0) is 43.0 Å². The van der Waals surface area contributed by atoms with Gasteiger partial charge in [0.1, 0.15) is 11.6 Å². The lowest BCUT2D eigenvalue weighted by Crippen LogP contribution is -2.43. The van der Waals surface area contributed by atoms with E-state index >= 15 is 0 Å². The quantitative estimate of drug-likeness (QED) is 0.863. The van der Waals surface area contributed by atoms with Crippen LogP contribution < -0.4 is 10.2 Å². The number of aliphatic hydroxyl groups is 1. The molecule has 3 rings (SSSR count). The highest BCUT2D eigenvalue weighted by Crippen LogP contribution is 2.22. The molecule has 26 heavy (non-hydrogen) atoms. The second-order valence-electron chi connectivity index (χ2n) is 6.78. The molecule has 2 N–H and O–H groups in total. The number of benzene rings is 1. The van der Waals surface area contributed by atoms with E-state index in [9.17, 15) is 9.18 Å². The van der Waals surface area contributed by atoms with E-state index in [0.717, 1.165) is 30.8 Å². The normalized spacial score (nSPS) is 17.2. The molecule has 5 nitrogen and oxygen atoms in total. The first-order valence-corrected chi connectivity index (χ1v) is 8.90. The van der Waals surface area contributed by atoms with Crippen LogP contribution in [0.2, 0.25) is 0 Å². The maximum absolute atomic E-state index is 13.7. The summed E-state index contributed by atoms with van der Waals surface area (Å²) in [5, 5.41) is 11.9. The molecule has 0 aliphatic carbocycles. The van der Waals surface area contributed by atoms with E-state index in [1.165, 1.54) is 6.07 Å². The lowest BCUT2D eigenvalue weighted by Gasteiger charge is -2.33. The first-order chi connectivity index (χ1) is 12.6. The van der Waals surface area contributed by atoms with Crippen LogP contribution in [0.1, 0.15) is 29.5 Å². The van der Waals surface area contributed by atoms with E-state index in [1.807, 2.05) is 25.3 Å². The van der Waals surface area contributed by atoms with Gasteiger partial charge in [-0.2, -0.15) is 0 Å². The fraction of sp³-hybridized carbons (Fsp3) is 0.400. The van der Waals surface area contributed by atoms with Crippen molar-refractivity contribution in [3.63, 3.8) is 0 Å². The number of carbonyl (C=O) groups is 1. The summed E-state index contributed by atoms with van der Waals surface area (Å²) in [4.78, 5) is 19.1. The third kappa shape index (κ3) is 4.38. The molecule has 1 amide bonds. The molecule has 0 bridgehead atoms. The second-order valence-corrected chi connectivity index (χ2v) is 6.78. The van der Waals surface area contributed by atoms with Crippen molar-refractivity contribution in [2.45, 2.75) is 32.9 Å². The van der Waals surface area contributed by atoms with Gasteiger partial charge >= 0.3 is 0 Å². The number of nitrogens with one attached hydrogen (secondary N) is 1. The van der Waals surface area contributed by atoms with Crippen molar-refractivity contribution in [1.82, 2.24) is 10.3 Å². The van der Waals surface area contributed by atoms with E-state index in [0.29, 0.717) is 12.1 Å². The Kier molecular flexibility index (Phi) is 5.83. The minimum absolute atomic E-state index is 0.0199. The zero-order chi connectivity index (χ0) is 18.5. The fourth-order valence-corrected chi connectivity index (χ4v) is 3.21. The largest absolute Gasteiger partial charge is 0.392 e. The smallest absolute Gasteiger partial charge is 0.225 e. The van der Waals surface area contributed by atoms with Crippen molar-refractivity contribution in [2.75, 3.05) is 18.0 Å². The molecule has 0 radical (unpaired) electrons. The van der Waals surface area contributed by atoms with E-state index in [-0.39, 0.29) is 30.5 Å². The number of hydrogen-bond acceptors (Lipinski definition) is 4. The standard InChI is InChI=1S/C20H24FN3O2/c1-14-4-7-19(22-10-14)24-8-2-3-16(12-24)20(26)23-11-15-5-6-17(13-25)18(21)9-15/h4-7,9-10,16,25H,2-3,8,11-13H2,1H3,(H,23,26). The first kappa shape index (κ1) is 18.3. The number of aryl methyl sites for hydroxylation is 1. The molecule has 1 aliphatic heterocycles. The van der Waals surface area contributed by atoms with Gasteiger partial charge < -0.3 is 15.3 Å². The number of carbonyl (C=O) groups excluding carboxylic acids is 1. The van der Waals surface area contributed by atoms with Gasteiger partial charge in [-0.3, -0.25) is 4.79 Å². The van der Waals surface area contributed by atoms with Crippen LogP contribution in [0.4, 0.5) is 10.2 Å². The summed E-state index contributed by atoms with van der Waals surface area (Å²) in [6, 6.07) is 8.63. The molecule has 1 aromatic carbocycles. The summed E-state index contributed by atoms with van der Waals surface area (Å²) in [7, 11) is 0. The number of anilines is 1. The summed E-state index contributed by atoms with van der Waals surface area (Å²) in [6.45, 7) is 3.48. The average Bonchev–Trinajstić information content (AvgIpc) is 2.67. The Bertz CT molecular complexity index is 764. The maximum Gasteiger partial charge on any atom is 0.225 e. The number of aliphatic hydroxyl groups excluding tert-OH is 1. The van der Waals surface area contributed by atoms with Gasteiger partial charge in [0.15, 0.2) is 0 Å². The Labute approximate surface area is 152 Å². The van der Waals surface area contributed by atoms with Gasteiger partial charge in [-0.15, -0.1) is 0 Å². The van der Waals surface area contributed by atoms with Crippen LogP contribution in [0.5, 0.6) is 0 Å². The van der Waals surface area contributed by atoms with Crippen LogP contribution in [-0.2, 0) is 17.9 Å². The monoisotopic (exact) mass is 357 g/mol. The Morgan fingerprint density at radius 1 is 1.38 bits per heavy atom. The van der Waals surface area contributed by atoms with Gasteiger partial charge in [-0.25, -0.2) is 9.37 Å². The Morgan fingerprint density at radius 3 is 2.92 bits per heavy atom. The second kappa shape index (κ2) is 8.27. The van der Waals surface area contributed by atoms with Crippen LogP contribution in [0.15, 0.2) is 36.5 Å². The van der Waals surface area contributed by atoms with Crippen molar-refractivity contribution in [3.8, 4) is 0 Å². The Hall–Kier alpha value is -2.47. The molecule has 138 valence electrons. The third-order valence-electron chi connectivity index (χ3n) is 4.77. The highest BCUT2D eigenvalue weighted by atomic mass is 19.1. The molecule has 6 heteroatoms. The molecule has 0 spiro atoms. The Morgan fingerprint density at radius 2 is 2.23 bits per heavy atom. The van der Waals surface area contributed by atoms with Crippen LogP contribution in [0.3, 0.4) is 0 Å². The summed E-state index contributed by atoms with van der Waals surface area (Å²) in [5.41, 5.74) is 2.05. The Balaban J connectivity index is 1.57. The topological polar surface area (TPSA) is 65.5 Å². The van der Waals surface area contributed by atoms with Crippen molar-refractivity contribution in [3.05, 3.63) is 59.0 Å². The molecule has 1 atom stereocenters. The maximum atomic E-state index is 13.7.